The van der Waals surface area contributed by atoms with E-state index in [9.17, 15) is 29.4 Å². The second kappa shape index (κ2) is 16.6. The highest BCUT2D eigenvalue weighted by atomic mass is 16.5. The zero-order chi connectivity index (χ0) is 27.9. The molecule has 12 heteroatoms. The van der Waals surface area contributed by atoms with Crippen molar-refractivity contribution in [3.63, 3.8) is 0 Å². The average molecular weight is 536 g/mol. The molecule has 1 fully saturated rings. The van der Waals surface area contributed by atoms with Crippen LogP contribution in [0.2, 0.25) is 0 Å². The van der Waals surface area contributed by atoms with E-state index in [0.717, 1.165) is 5.56 Å². The number of hydrogen-bond donors (Lipinski definition) is 5. The lowest BCUT2D eigenvalue weighted by atomic mass is 10.1. The predicted octanol–water partition coefficient (Wildman–Crippen LogP) is -0.410. The van der Waals surface area contributed by atoms with E-state index in [1.807, 2.05) is 49.3 Å². The summed E-state index contributed by atoms with van der Waals surface area (Å²) in [6.07, 6.45) is -2.29. The molecule has 1 aliphatic rings. The first-order chi connectivity index (χ1) is 18.1. The van der Waals surface area contributed by atoms with Crippen LogP contribution in [0.4, 0.5) is 4.79 Å². The third-order valence-electron chi connectivity index (χ3n) is 6.05. The van der Waals surface area contributed by atoms with Crippen molar-refractivity contribution >= 4 is 23.8 Å². The number of nitrogens with zero attached hydrogens (tertiary/aromatic N) is 2. The molecule has 1 aliphatic heterocycles. The summed E-state index contributed by atoms with van der Waals surface area (Å²) in [5, 5.41) is 28.6. The number of benzene rings is 1. The van der Waals surface area contributed by atoms with Crippen molar-refractivity contribution in [2.75, 3.05) is 46.8 Å². The Balaban J connectivity index is 2.02. The minimum atomic E-state index is -1.09. The quantitative estimate of drug-likeness (QED) is 0.329. The monoisotopic (exact) mass is 535 g/mol. The van der Waals surface area contributed by atoms with Gasteiger partial charge in [-0.25, -0.2) is 4.79 Å². The molecular weight excluding hydrogens is 494 g/mol. The first-order valence-corrected chi connectivity index (χ1v) is 12.9. The summed E-state index contributed by atoms with van der Waals surface area (Å²) in [6, 6.07) is 8.22. The summed E-state index contributed by atoms with van der Waals surface area (Å²) in [7, 11) is 3.71. The van der Waals surface area contributed by atoms with Gasteiger partial charge in [-0.05, 0) is 45.3 Å². The Morgan fingerprint density at radius 2 is 1.82 bits per heavy atom. The summed E-state index contributed by atoms with van der Waals surface area (Å²) in [5.41, 5.74) is 0.804. The number of aliphatic hydroxyl groups excluding tert-OH is 2. The largest absolute Gasteiger partial charge is 0.445 e. The third kappa shape index (κ3) is 12.3. The van der Waals surface area contributed by atoms with Crippen LogP contribution in [0, 0.1) is 0 Å². The van der Waals surface area contributed by atoms with Gasteiger partial charge in [0, 0.05) is 26.2 Å². The maximum Gasteiger partial charge on any atom is 0.408 e. The molecule has 0 radical (unpaired) electrons. The molecule has 0 aromatic heterocycles. The van der Waals surface area contributed by atoms with Gasteiger partial charge in [0.15, 0.2) is 0 Å². The summed E-state index contributed by atoms with van der Waals surface area (Å²) in [6.45, 7) is 1.08. The van der Waals surface area contributed by atoms with E-state index in [2.05, 4.69) is 16.0 Å². The molecule has 0 spiro atoms. The topological polar surface area (TPSA) is 161 Å². The second-order valence-corrected chi connectivity index (χ2v) is 9.70. The van der Waals surface area contributed by atoms with Gasteiger partial charge >= 0.3 is 6.09 Å². The molecule has 12 nitrogen and oxygen atoms in total. The van der Waals surface area contributed by atoms with E-state index in [-0.39, 0.29) is 63.7 Å². The molecule has 0 bridgehead atoms. The fourth-order valence-electron chi connectivity index (χ4n) is 3.88. The van der Waals surface area contributed by atoms with E-state index in [1.165, 1.54) is 4.90 Å². The third-order valence-corrected chi connectivity index (χ3v) is 6.05. The number of likely N-dealkylation sites (N-methyl/N-ethyl adjacent to an activating group) is 1. The highest BCUT2D eigenvalue weighted by Gasteiger charge is 2.24. The number of nitrogens with one attached hydrogen (secondary N) is 3. The first kappa shape index (κ1) is 31.0. The summed E-state index contributed by atoms with van der Waals surface area (Å²) in [4.78, 5) is 53.7. The Morgan fingerprint density at radius 3 is 2.53 bits per heavy atom. The van der Waals surface area contributed by atoms with Crippen LogP contribution in [0.25, 0.3) is 0 Å². The molecule has 1 saturated heterocycles. The van der Waals surface area contributed by atoms with Gasteiger partial charge in [-0.15, -0.1) is 0 Å². The smallest absolute Gasteiger partial charge is 0.408 e. The van der Waals surface area contributed by atoms with Crippen molar-refractivity contribution in [2.24, 2.45) is 0 Å². The average Bonchev–Trinajstić information content (AvgIpc) is 2.86. The number of rotatable bonds is 6. The number of carbonyl (C=O) groups excluding carboxylic acids is 4. The molecule has 38 heavy (non-hydrogen) atoms. The van der Waals surface area contributed by atoms with Crippen molar-refractivity contribution in [2.45, 2.75) is 57.0 Å². The van der Waals surface area contributed by atoms with Crippen molar-refractivity contribution in [3.05, 3.63) is 35.9 Å². The van der Waals surface area contributed by atoms with Gasteiger partial charge in [-0.3, -0.25) is 14.4 Å². The molecule has 0 saturated carbocycles. The van der Waals surface area contributed by atoms with Gasteiger partial charge in [0.1, 0.15) is 12.6 Å². The molecule has 4 amide bonds. The molecular formula is C26H41N5O7. The van der Waals surface area contributed by atoms with Gasteiger partial charge in [-0.2, -0.15) is 0 Å². The molecule has 3 atom stereocenters. The van der Waals surface area contributed by atoms with Crippen LogP contribution in [0.3, 0.4) is 0 Å². The minimum Gasteiger partial charge on any atom is -0.445 e. The predicted molar refractivity (Wildman–Crippen MR) is 140 cm³/mol. The zero-order valence-electron chi connectivity index (χ0n) is 22.2. The summed E-state index contributed by atoms with van der Waals surface area (Å²) in [5.74, 6) is -1.19. The van der Waals surface area contributed by atoms with Crippen LogP contribution in [-0.4, -0.2) is 109 Å². The molecule has 5 N–H and O–H groups in total. The Morgan fingerprint density at radius 1 is 1.08 bits per heavy atom. The molecule has 0 unspecified atom stereocenters. The Bertz CT molecular complexity index is 899. The standard InChI is InChI=1S/C26H41N5O7/c1-30(2)13-14-31-17-23(34)27-11-6-9-22(29-26(37)38-18-19-7-4-3-5-8-19)25(36)28-12-10-20(32)15-21(33)16-24(31)35/h3-5,7-8,20-22,32-33H,6,9-18H2,1-2H3,(H,27,34)(H,28,36)(H,29,37)/t20-,21-,22+/m1/s1. The van der Waals surface area contributed by atoms with Crippen LogP contribution >= 0.6 is 0 Å². The van der Waals surface area contributed by atoms with Crippen LogP contribution in [-0.2, 0) is 25.7 Å². The minimum absolute atomic E-state index is 0.0502. The molecule has 2 rings (SSSR count). The highest BCUT2D eigenvalue weighted by Crippen LogP contribution is 2.09. The Kier molecular flexibility index (Phi) is 13.5. The van der Waals surface area contributed by atoms with Crippen LogP contribution in [0.5, 0.6) is 0 Å². The number of amides is 4. The molecule has 1 heterocycles. The van der Waals surface area contributed by atoms with Gasteiger partial charge in [0.25, 0.3) is 0 Å². The zero-order valence-corrected chi connectivity index (χ0v) is 22.2. The normalized spacial score (nSPS) is 22.8. The summed E-state index contributed by atoms with van der Waals surface area (Å²) >= 11 is 0. The fourth-order valence-corrected chi connectivity index (χ4v) is 3.88. The highest BCUT2D eigenvalue weighted by molar-refractivity contribution is 5.86. The van der Waals surface area contributed by atoms with E-state index in [4.69, 9.17) is 4.74 Å². The summed E-state index contributed by atoms with van der Waals surface area (Å²) < 4.78 is 5.23. The van der Waals surface area contributed by atoms with Gasteiger partial charge in [0.2, 0.25) is 17.7 Å². The number of ether oxygens (including phenoxy) is 1. The van der Waals surface area contributed by atoms with Crippen molar-refractivity contribution in [3.8, 4) is 0 Å². The van der Waals surface area contributed by atoms with Crippen molar-refractivity contribution in [1.29, 1.82) is 0 Å². The van der Waals surface area contributed by atoms with Crippen LogP contribution in [0.1, 0.15) is 37.7 Å². The van der Waals surface area contributed by atoms with Gasteiger partial charge < -0.3 is 40.7 Å². The molecule has 212 valence electrons. The van der Waals surface area contributed by atoms with Crippen LogP contribution in [0.15, 0.2) is 30.3 Å². The fraction of sp³-hybridized carbons (Fsp3) is 0.615. The molecule has 1 aromatic carbocycles. The van der Waals surface area contributed by atoms with E-state index >= 15 is 0 Å². The number of carbonyl (C=O) groups is 4. The van der Waals surface area contributed by atoms with Crippen LogP contribution < -0.4 is 16.0 Å². The Hall–Kier alpha value is -3.22. The Labute approximate surface area is 223 Å². The molecule has 0 aliphatic carbocycles. The van der Waals surface area contributed by atoms with E-state index in [1.54, 1.807) is 0 Å². The van der Waals surface area contributed by atoms with Crippen molar-refractivity contribution in [1.82, 2.24) is 25.8 Å². The van der Waals surface area contributed by atoms with E-state index < -0.39 is 30.3 Å². The number of alkyl carbamates (subject to hydrolysis) is 1. The van der Waals surface area contributed by atoms with Gasteiger partial charge in [0.05, 0.1) is 25.2 Å². The first-order valence-electron chi connectivity index (χ1n) is 12.9. The van der Waals surface area contributed by atoms with E-state index in [0.29, 0.717) is 19.5 Å². The SMILES string of the molecule is CN(C)CCN1CC(=O)NCCC[C@H](NC(=O)OCc2ccccc2)C(=O)NCC[C@@H](O)C[C@@H](O)CC1=O. The maximum absolute atomic E-state index is 12.8. The molecule has 1 aromatic rings. The number of hydrogen-bond acceptors (Lipinski definition) is 8. The maximum atomic E-state index is 12.8. The second-order valence-electron chi connectivity index (χ2n) is 9.70. The lowest BCUT2D eigenvalue weighted by Gasteiger charge is -2.25. The van der Waals surface area contributed by atoms with Crippen molar-refractivity contribution < 1.29 is 34.1 Å². The lowest BCUT2D eigenvalue weighted by molar-refractivity contribution is -0.138. The number of aliphatic hydroxyl groups is 2. The van der Waals surface area contributed by atoms with Gasteiger partial charge in [-0.1, -0.05) is 30.3 Å². The lowest BCUT2D eigenvalue weighted by Crippen LogP contribution is -2.47.